The van der Waals surface area contributed by atoms with E-state index in [0.29, 0.717) is 23.6 Å². The Morgan fingerprint density at radius 3 is 2.55 bits per heavy atom. The van der Waals surface area contributed by atoms with E-state index in [1.54, 1.807) is 26.2 Å². The van der Waals surface area contributed by atoms with Crippen LogP contribution in [0.4, 0.5) is 0 Å². The van der Waals surface area contributed by atoms with E-state index in [0.717, 1.165) is 0 Å². The van der Waals surface area contributed by atoms with Crippen molar-refractivity contribution >= 4 is 17.5 Å². The van der Waals surface area contributed by atoms with Crippen molar-refractivity contribution in [3.05, 3.63) is 29.0 Å². The lowest BCUT2D eigenvalue weighted by molar-refractivity contribution is -0.392. The molecular weight excluding hydrogens is 452 g/mol. The Labute approximate surface area is 198 Å². The van der Waals surface area contributed by atoms with Crippen molar-refractivity contribution < 1.29 is 29.6 Å². The number of likely N-dealkylation sites (N-methyl/N-ethyl adjacent to an activating group) is 2. The molecule has 11 heteroatoms. The van der Waals surface area contributed by atoms with Crippen LogP contribution in [-0.2, 0) is 20.7 Å². The predicted molar refractivity (Wildman–Crippen MR) is 119 cm³/mol. The van der Waals surface area contributed by atoms with E-state index in [4.69, 9.17) is 21.1 Å². The SMILES string of the molecule is CN[C@@H]1[C@H](O)[C@H](NC)[C@H]2O[C@@]3(O)[C@H](NC(=O)Cc4ccc(Cl)cn4)C[C@@H](C)C[C@H]3O[C@@H]2[C@H]1O. The number of nitrogens with zero attached hydrogens (tertiary/aromatic N) is 1. The minimum absolute atomic E-state index is 0.0239. The normalized spacial score (nSPS) is 42.8. The standard InChI is InChI=1S/C22H33ClN4O6/c1-10-6-13(27-15(28)8-12-5-4-11(23)9-26-12)22(31)14(7-10)32-21-19(30)16(24-2)18(29)17(25-3)20(21)33-22/h4-5,9-10,13-14,16-21,24-25,29-31H,6-8H2,1-3H3,(H,27,28)/t10-,13-,14-,16-,17+,18+,19+,20-,21-,22+/m1/s1. The van der Waals surface area contributed by atoms with Gasteiger partial charge in [-0.25, -0.2) is 0 Å². The number of halogens is 1. The van der Waals surface area contributed by atoms with Gasteiger partial charge in [0.25, 0.3) is 0 Å². The summed E-state index contributed by atoms with van der Waals surface area (Å²) in [7, 11) is 3.34. The first-order valence-electron chi connectivity index (χ1n) is 11.3. The number of pyridine rings is 1. The summed E-state index contributed by atoms with van der Waals surface area (Å²) in [6.45, 7) is 2.02. The highest BCUT2D eigenvalue weighted by atomic mass is 35.5. The van der Waals surface area contributed by atoms with Gasteiger partial charge in [-0.3, -0.25) is 9.78 Å². The van der Waals surface area contributed by atoms with Crippen LogP contribution in [0, 0.1) is 5.92 Å². The summed E-state index contributed by atoms with van der Waals surface area (Å²) < 4.78 is 12.5. The van der Waals surface area contributed by atoms with Gasteiger partial charge in [-0.15, -0.1) is 0 Å². The highest BCUT2D eigenvalue weighted by Gasteiger charge is 2.62. The molecule has 0 radical (unpaired) electrons. The maximum absolute atomic E-state index is 12.8. The minimum Gasteiger partial charge on any atom is -0.390 e. The van der Waals surface area contributed by atoms with Crippen molar-refractivity contribution in [3.63, 3.8) is 0 Å². The lowest BCUT2D eigenvalue weighted by atomic mass is 9.75. The van der Waals surface area contributed by atoms with Crippen LogP contribution in [0.1, 0.15) is 25.5 Å². The van der Waals surface area contributed by atoms with Crippen LogP contribution in [0.5, 0.6) is 0 Å². The molecule has 1 saturated heterocycles. The van der Waals surface area contributed by atoms with Crippen molar-refractivity contribution in [2.24, 2.45) is 5.92 Å². The van der Waals surface area contributed by atoms with Gasteiger partial charge in [0.05, 0.1) is 35.7 Å². The van der Waals surface area contributed by atoms with Gasteiger partial charge in [-0.1, -0.05) is 18.5 Å². The number of fused-ring (bicyclic) bond motifs is 2. The quantitative estimate of drug-likeness (QED) is 0.308. The second kappa shape index (κ2) is 9.71. The van der Waals surface area contributed by atoms with Crippen molar-refractivity contribution in [1.82, 2.24) is 20.9 Å². The smallest absolute Gasteiger partial charge is 0.226 e. The molecule has 0 spiro atoms. The molecule has 6 N–H and O–H groups in total. The maximum Gasteiger partial charge on any atom is 0.226 e. The molecular formula is C22H33ClN4O6. The first kappa shape index (κ1) is 24.7. The molecule has 10 atom stereocenters. The van der Waals surface area contributed by atoms with E-state index in [9.17, 15) is 20.1 Å². The average Bonchev–Trinajstić information content (AvgIpc) is 2.76. The Bertz CT molecular complexity index is 847. The van der Waals surface area contributed by atoms with Gasteiger partial charge in [-0.2, -0.15) is 0 Å². The molecule has 0 aromatic carbocycles. The molecule has 1 aromatic heterocycles. The number of carbonyl (C=O) groups is 1. The maximum atomic E-state index is 12.8. The van der Waals surface area contributed by atoms with Gasteiger partial charge < -0.3 is 40.7 Å². The van der Waals surface area contributed by atoms with Gasteiger partial charge in [0.2, 0.25) is 11.7 Å². The lowest BCUT2D eigenvalue weighted by Crippen LogP contribution is -2.78. The number of carbonyl (C=O) groups excluding carboxylic acids is 1. The highest BCUT2D eigenvalue weighted by Crippen LogP contribution is 2.44. The molecule has 33 heavy (non-hydrogen) atoms. The first-order chi connectivity index (χ1) is 15.7. The van der Waals surface area contributed by atoms with Crippen LogP contribution in [-0.4, -0.2) is 94.7 Å². The zero-order valence-corrected chi connectivity index (χ0v) is 19.7. The number of nitrogens with one attached hydrogen (secondary N) is 3. The lowest BCUT2D eigenvalue weighted by Gasteiger charge is -2.58. The molecule has 3 aliphatic rings. The van der Waals surface area contributed by atoms with Gasteiger partial charge >= 0.3 is 0 Å². The molecule has 2 saturated carbocycles. The highest BCUT2D eigenvalue weighted by molar-refractivity contribution is 6.30. The predicted octanol–water partition coefficient (Wildman–Crippen LogP) is -1.06. The fourth-order valence-corrected chi connectivity index (χ4v) is 5.54. The molecule has 2 aliphatic carbocycles. The Balaban J connectivity index is 1.55. The Hall–Kier alpha value is -1.37. The Morgan fingerprint density at radius 2 is 1.91 bits per heavy atom. The summed E-state index contributed by atoms with van der Waals surface area (Å²) >= 11 is 5.86. The summed E-state index contributed by atoms with van der Waals surface area (Å²) in [6.07, 6.45) is -1.85. The van der Waals surface area contributed by atoms with Gasteiger partial charge in [0.15, 0.2) is 0 Å². The zero-order chi connectivity index (χ0) is 23.9. The molecule has 1 amide bonds. The number of rotatable bonds is 5. The summed E-state index contributed by atoms with van der Waals surface area (Å²) in [6, 6.07) is 1.38. The molecule has 1 aromatic rings. The van der Waals surface area contributed by atoms with Crippen LogP contribution in [0.2, 0.25) is 5.02 Å². The molecule has 2 heterocycles. The molecule has 0 unspecified atom stereocenters. The third-order valence-electron chi connectivity index (χ3n) is 7.11. The van der Waals surface area contributed by atoms with E-state index in [1.807, 2.05) is 6.92 Å². The van der Waals surface area contributed by atoms with Gasteiger partial charge in [0, 0.05) is 11.9 Å². The third-order valence-corrected chi connectivity index (χ3v) is 7.34. The fraction of sp³-hybridized carbons (Fsp3) is 0.727. The molecule has 0 bridgehead atoms. The second-order valence-corrected chi connectivity index (χ2v) is 9.81. The van der Waals surface area contributed by atoms with E-state index >= 15 is 0 Å². The topological polar surface area (TPSA) is 145 Å². The van der Waals surface area contributed by atoms with E-state index in [2.05, 4.69) is 20.9 Å². The van der Waals surface area contributed by atoms with Crippen LogP contribution >= 0.6 is 11.6 Å². The summed E-state index contributed by atoms with van der Waals surface area (Å²) in [5.41, 5.74) is 0.553. The van der Waals surface area contributed by atoms with Crippen LogP contribution in [0.3, 0.4) is 0 Å². The first-order valence-corrected chi connectivity index (χ1v) is 11.7. The van der Waals surface area contributed by atoms with Crippen molar-refractivity contribution in [1.29, 1.82) is 0 Å². The second-order valence-electron chi connectivity index (χ2n) is 9.37. The summed E-state index contributed by atoms with van der Waals surface area (Å²) in [4.78, 5) is 16.9. The zero-order valence-electron chi connectivity index (χ0n) is 18.9. The number of hydrogen-bond acceptors (Lipinski definition) is 9. The van der Waals surface area contributed by atoms with E-state index in [-0.39, 0.29) is 18.2 Å². The Kier molecular flexibility index (Phi) is 7.28. The molecule has 10 nitrogen and oxygen atoms in total. The minimum atomic E-state index is -1.81. The van der Waals surface area contributed by atoms with Crippen molar-refractivity contribution in [2.45, 2.75) is 80.6 Å². The summed E-state index contributed by atoms with van der Waals surface area (Å²) in [5, 5.41) is 42.6. The third kappa shape index (κ3) is 4.63. The number of hydrogen-bond donors (Lipinski definition) is 6. The van der Waals surface area contributed by atoms with Crippen LogP contribution < -0.4 is 16.0 Å². The van der Waals surface area contributed by atoms with Crippen LogP contribution in [0.15, 0.2) is 18.3 Å². The van der Waals surface area contributed by atoms with Crippen molar-refractivity contribution in [2.75, 3.05) is 14.1 Å². The van der Waals surface area contributed by atoms with E-state index < -0.39 is 54.4 Å². The number of aromatic nitrogens is 1. The van der Waals surface area contributed by atoms with Gasteiger partial charge in [-0.05, 0) is 45.0 Å². The average molecular weight is 485 g/mol. The van der Waals surface area contributed by atoms with Crippen molar-refractivity contribution in [3.8, 4) is 0 Å². The molecule has 3 fully saturated rings. The number of aliphatic hydroxyl groups excluding tert-OH is 2. The Morgan fingerprint density at radius 1 is 1.18 bits per heavy atom. The number of aliphatic hydroxyl groups is 3. The van der Waals surface area contributed by atoms with E-state index in [1.165, 1.54) is 6.20 Å². The molecule has 184 valence electrons. The van der Waals surface area contributed by atoms with Gasteiger partial charge in [0.1, 0.15) is 24.4 Å². The monoisotopic (exact) mass is 484 g/mol. The number of amides is 1. The van der Waals surface area contributed by atoms with Crippen LogP contribution in [0.25, 0.3) is 0 Å². The fourth-order valence-electron chi connectivity index (χ4n) is 5.43. The molecule has 1 aliphatic heterocycles. The largest absolute Gasteiger partial charge is 0.390 e. The summed E-state index contributed by atoms with van der Waals surface area (Å²) in [5.74, 6) is -1.98. The number of ether oxygens (including phenoxy) is 2. The molecule has 4 rings (SSSR count).